The van der Waals surface area contributed by atoms with Gasteiger partial charge in [-0.1, -0.05) is 60.7 Å². The second-order valence-electron chi connectivity index (χ2n) is 9.46. The lowest BCUT2D eigenvalue weighted by Gasteiger charge is -2.37. The van der Waals surface area contributed by atoms with E-state index in [0.29, 0.717) is 59.1 Å². The molecule has 2 aromatic heterocycles. The summed E-state index contributed by atoms with van der Waals surface area (Å²) in [6.45, 7) is 3.33. The molecule has 0 saturated carbocycles. The zero-order valence-corrected chi connectivity index (χ0v) is 20.9. The highest BCUT2D eigenvalue weighted by Crippen LogP contribution is 2.43. The highest BCUT2D eigenvalue weighted by atomic mass is 19.1. The number of ether oxygens (including phenoxy) is 2. The van der Waals surface area contributed by atoms with E-state index >= 15 is 4.39 Å². The number of fused-ring (bicyclic) bond motifs is 1. The molecule has 0 amide bonds. The first-order chi connectivity index (χ1) is 18.5. The summed E-state index contributed by atoms with van der Waals surface area (Å²) >= 11 is 0. The van der Waals surface area contributed by atoms with Gasteiger partial charge in [0.25, 0.3) is 0 Å². The van der Waals surface area contributed by atoms with Gasteiger partial charge in [-0.05, 0) is 30.2 Å². The molecule has 6 rings (SSSR count). The molecular weight excluding hydrogens is 483 g/mol. The topological polar surface area (TPSA) is 68.0 Å². The van der Waals surface area contributed by atoms with Crippen molar-refractivity contribution in [1.82, 2.24) is 4.98 Å². The van der Waals surface area contributed by atoms with Crippen molar-refractivity contribution in [2.45, 2.75) is 26.2 Å². The number of hydrogen-bond donors (Lipinski definition) is 1. The predicted octanol–water partition coefficient (Wildman–Crippen LogP) is 6.28. The van der Waals surface area contributed by atoms with E-state index in [-0.39, 0.29) is 12.5 Å². The molecule has 3 aromatic carbocycles. The molecule has 0 radical (unpaired) electrons. The average Bonchev–Trinajstić information content (AvgIpc) is 3.31. The molecule has 1 aliphatic rings. The van der Waals surface area contributed by atoms with E-state index in [1.165, 1.54) is 6.07 Å². The van der Waals surface area contributed by atoms with Crippen molar-refractivity contribution < 1.29 is 23.4 Å². The minimum atomic E-state index is -0.422. The van der Waals surface area contributed by atoms with E-state index in [4.69, 9.17) is 13.9 Å². The molecule has 1 aliphatic heterocycles. The van der Waals surface area contributed by atoms with Crippen LogP contribution in [-0.4, -0.2) is 29.3 Å². The van der Waals surface area contributed by atoms with Gasteiger partial charge in [-0.15, -0.1) is 0 Å². The Hall–Kier alpha value is -4.36. The van der Waals surface area contributed by atoms with Gasteiger partial charge in [0.1, 0.15) is 24.8 Å². The van der Waals surface area contributed by atoms with Crippen LogP contribution in [0.15, 0.2) is 89.3 Å². The van der Waals surface area contributed by atoms with Crippen LogP contribution in [0.2, 0.25) is 0 Å². The molecular formula is C31H27FN2O4. The first-order valence-corrected chi connectivity index (χ1v) is 12.6. The summed E-state index contributed by atoms with van der Waals surface area (Å²) < 4.78 is 34.0. The molecule has 38 heavy (non-hydrogen) atoms. The standard InChI is InChI=1S/C31H27FN2O4/c1-20-14-25-29(26(32)15-27(30(25)38-20)34-16-23(35)17-34)24-12-13-28(36-18-21-8-4-2-5-9-21)33-31(24)37-19-22-10-6-3-7-11-22/h2-15,23,35H,16-19H2,1H3. The SMILES string of the molecule is Cc1cc2c(-c3ccc(OCc4ccccc4)nc3OCc3ccccc3)c(F)cc(N3CC(O)C3)c2o1. The molecule has 0 unspecified atom stereocenters. The molecule has 0 spiro atoms. The lowest BCUT2D eigenvalue weighted by atomic mass is 9.99. The van der Waals surface area contributed by atoms with Gasteiger partial charge in [0.15, 0.2) is 5.58 Å². The summed E-state index contributed by atoms with van der Waals surface area (Å²) in [5, 5.41) is 10.4. The minimum Gasteiger partial charge on any atom is -0.473 e. The molecule has 192 valence electrons. The van der Waals surface area contributed by atoms with Crippen LogP contribution in [0.1, 0.15) is 16.9 Å². The zero-order valence-electron chi connectivity index (χ0n) is 20.9. The number of pyridine rings is 1. The van der Waals surface area contributed by atoms with Gasteiger partial charge in [-0.2, -0.15) is 4.98 Å². The van der Waals surface area contributed by atoms with Gasteiger partial charge in [-0.3, -0.25) is 0 Å². The molecule has 3 heterocycles. The van der Waals surface area contributed by atoms with Crippen molar-refractivity contribution >= 4 is 16.7 Å². The molecule has 7 heteroatoms. The van der Waals surface area contributed by atoms with E-state index in [2.05, 4.69) is 4.98 Å². The number of nitrogens with zero attached hydrogens (tertiary/aromatic N) is 2. The third-order valence-electron chi connectivity index (χ3n) is 6.61. The van der Waals surface area contributed by atoms with Gasteiger partial charge in [0.05, 0.1) is 11.8 Å². The first-order valence-electron chi connectivity index (χ1n) is 12.6. The van der Waals surface area contributed by atoms with Crippen molar-refractivity contribution in [2.24, 2.45) is 0 Å². The Labute approximate surface area is 219 Å². The lowest BCUT2D eigenvalue weighted by molar-refractivity contribution is 0.142. The van der Waals surface area contributed by atoms with Crippen LogP contribution >= 0.6 is 0 Å². The van der Waals surface area contributed by atoms with Crippen molar-refractivity contribution in [2.75, 3.05) is 18.0 Å². The highest BCUT2D eigenvalue weighted by molar-refractivity contribution is 6.02. The largest absolute Gasteiger partial charge is 0.473 e. The van der Waals surface area contributed by atoms with E-state index in [1.54, 1.807) is 12.1 Å². The van der Waals surface area contributed by atoms with Crippen molar-refractivity contribution in [3.63, 3.8) is 0 Å². The smallest absolute Gasteiger partial charge is 0.225 e. The van der Waals surface area contributed by atoms with Gasteiger partial charge in [-0.25, -0.2) is 4.39 Å². The maximum Gasteiger partial charge on any atom is 0.225 e. The van der Waals surface area contributed by atoms with Crippen LogP contribution in [0.4, 0.5) is 10.1 Å². The Morgan fingerprint density at radius 1 is 0.921 bits per heavy atom. The number of aryl methyl sites for hydroxylation is 1. The molecule has 5 aromatic rings. The molecule has 1 fully saturated rings. The first kappa shape index (κ1) is 24.0. The van der Waals surface area contributed by atoms with Crippen molar-refractivity contribution in [1.29, 1.82) is 0 Å². The van der Waals surface area contributed by atoms with E-state index in [0.717, 1.165) is 11.1 Å². The average molecular weight is 511 g/mol. The van der Waals surface area contributed by atoms with Gasteiger partial charge in [0, 0.05) is 41.7 Å². The van der Waals surface area contributed by atoms with Gasteiger partial charge in [0.2, 0.25) is 11.8 Å². The van der Waals surface area contributed by atoms with Crippen LogP contribution in [0.5, 0.6) is 11.8 Å². The van der Waals surface area contributed by atoms with Crippen LogP contribution in [0, 0.1) is 12.7 Å². The predicted molar refractivity (Wildman–Crippen MR) is 144 cm³/mol. The Morgan fingerprint density at radius 2 is 1.58 bits per heavy atom. The fraction of sp³-hybridized carbons (Fsp3) is 0.194. The van der Waals surface area contributed by atoms with Crippen molar-refractivity contribution in [3.8, 4) is 22.9 Å². The number of hydrogen-bond acceptors (Lipinski definition) is 6. The normalized spacial score (nSPS) is 13.5. The summed E-state index contributed by atoms with van der Waals surface area (Å²) in [7, 11) is 0. The number of rotatable bonds is 8. The third-order valence-corrected chi connectivity index (χ3v) is 6.61. The van der Waals surface area contributed by atoms with Crippen LogP contribution in [0.3, 0.4) is 0 Å². The summed E-state index contributed by atoms with van der Waals surface area (Å²) in [6.07, 6.45) is -0.422. The lowest BCUT2D eigenvalue weighted by Crippen LogP contribution is -2.50. The number of aliphatic hydroxyl groups is 1. The zero-order chi connectivity index (χ0) is 26.1. The fourth-order valence-corrected chi connectivity index (χ4v) is 4.70. The van der Waals surface area contributed by atoms with Crippen LogP contribution in [-0.2, 0) is 13.2 Å². The van der Waals surface area contributed by atoms with Gasteiger partial charge >= 0.3 is 0 Å². The number of halogens is 1. The minimum absolute atomic E-state index is 0.266. The molecule has 6 nitrogen and oxygen atoms in total. The van der Waals surface area contributed by atoms with Crippen LogP contribution in [0.25, 0.3) is 22.1 Å². The molecule has 0 aliphatic carbocycles. The highest BCUT2D eigenvalue weighted by Gasteiger charge is 2.30. The maximum absolute atomic E-state index is 15.9. The van der Waals surface area contributed by atoms with Gasteiger partial charge < -0.3 is 23.9 Å². The van der Waals surface area contributed by atoms with E-state index in [1.807, 2.05) is 78.6 Å². The van der Waals surface area contributed by atoms with Crippen LogP contribution < -0.4 is 14.4 Å². The summed E-state index contributed by atoms with van der Waals surface area (Å²) in [5.41, 5.74) is 4.04. The maximum atomic E-state index is 15.9. The number of furan rings is 1. The summed E-state index contributed by atoms with van der Waals surface area (Å²) in [6, 6.07) is 26.4. The van der Waals surface area contributed by atoms with E-state index in [9.17, 15) is 5.11 Å². The second-order valence-corrected chi connectivity index (χ2v) is 9.46. The molecule has 0 atom stereocenters. The number of benzene rings is 3. The quantitative estimate of drug-likeness (QED) is 0.265. The Kier molecular flexibility index (Phi) is 6.43. The molecule has 1 N–H and O–H groups in total. The number of aromatic nitrogens is 1. The monoisotopic (exact) mass is 510 g/mol. The molecule has 1 saturated heterocycles. The Balaban J connectivity index is 1.40. The second kappa shape index (κ2) is 10.2. The summed E-state index contributed by atoms with van der Waals surface area (Å²) in [4.78, 5) is 6.55. The van der Waals surface area contributed by atoms with Crippen molar-refractivity contribution in [3.05, 3.63) is 108 Å². The summed E-state index contributed by atoms with van der Waals surface area (Å²) in [5.74, 6) is 0.896. The Morgan fingerprint density at radius 3 is 2.24 bits per heavy atom. The third kappa shape index (κ3) is 4.80. The Bertz CT molecular complexity index is 1560. The fourth-order valence-electron chi connectivity index (χ4n) is 4.70. The number of β-amino-alcohol motifs (C(OH)–C–C–N with tert-alkyl or cyclic N) is 1. The molecule has 0 bridgehead atoms. The number of anilines is 1. The number of aliphatic hydroxyl groups excluding tert-OH is 1. The van der Waals surface area contributed by atoms with E-state index < -0.39 is 11.9 Å².